The lowest BCUT2D eigenvalue weighted by Gasteiger charge is -2.09. The molecule has 0 aliphatic carbocycles. The van der Waals surface area contributed by atoms with Crippen LogP contribution in [0.3, 0.4) is 0 Å². The minimum atomic E-state index is 0.0607. The van der Waals surface area contributed by atoms with E-state index in [2.05, 4.69) is 9.98 Å². The molecule has 2 heterocycles. The maximum Gasteiger partial charge on any atom is 0.215 e. The molecule has 0 radical (unpaired) electrons. The van der Waals surface area contributed by atoms with Crippen LogP contribution in [0.5, 0.6) is 5.88 Å². The number of Topliss-reactive ketones (excluding diaryl/α,β-unsaturated/α-hetero) is 1. The summed E-state index contributed by atoms with van der Waals surface area (Å²) < 4.78 is 5.21. The monoisotopic (exact) mass is 190 g/mol. The van der Waals surface area contributed by atoms with Crippen LogP contribution in [-0.4, -0.2) is 23.6 Å². The Balaban J connectivity index is 2.40. The fraction of sp³-hybridized carbons (Fsp3) is 0.300. The maximum atomic E-state index is 11.4. The normalized spacial score (nSPS) is 13.9. The van der Waals surface area contributed by atoms with Crippen LogP contribution in [0.2, 0.25) is 0 Å². The van der Waals surface area contributed by atoms with Crippen LogP contribution in [-0.2, 0) is 0 Å². The van der Waals surface area contributed by atoms with Gasteiger partial charge in [-0.3, -0.25) is 9.79 Å². The lowest BCUT2D eigenvalue weighted by atomic mass is 10.1. The predicted octanol–water partition coefficient (Wildman–Crippen LogP) is 1.77. The molecule has 0 atom stereocenters. The van der Waals surface area contributed by atoms with Crippen LogP contribution in [0.15, 0.2) is 17.3 Å². The van der Waals surface area contributed by atoms with Gasteiger partial charge >= 0.3 is 0 Å². The molecule has 0 saturated carbocycles. The van der Waals surface area contributed by atoms with Crippen molar-refractivity contribution in [2.45, 2.75) is 13.3 Å². The van der Waals surface area contributed by atoms with Crippen LogP contribution in [0.1, 0.15) is 23.7 Å². The van der Waals surface area contributed by atoms with Gasteiger partial charge in [-0.05, 0) is 6.92 Å². The predicted molar refractivity (Wildman–Crippen MR) is 52.5 cm³/mol. The van der Waals surface area contributed by atoms with Crippen molar-refractivity contribution in [2.24, 2.45) is 4.99 Å². The molecule has 0 unspecified atom stereocenters. The molecule has 1 aliphatic heterocycles. The van der Waals surface area contributed by atoms with Gasteiger partial charge in [0.05, 0.1) is 17.9 Å². The molecule has 1 aromatic rings. The summed E-state index contributed by atoms with van der Waals surface area (Å²) in [6.07, 6.45) is 3.50. The summed E-state index contributed by atoms with van der Waals surface area (Å²) in [5.74, 6) is 0.573. The van der Waals surface area contributed by atoms with Gasteiger partial charge in [-0.25, -0.2) is 4.98 Å². The van der Waals surface area contributed by atoms with Gasteiger partial charge in [0.25, 0.3) is 0 Å². The number of hydrogen-bond acceptors (Lipinski definition) is 4. The van der Waals surface area contributed by atoms with Crippen LogP contribution in [0.4, 0.5) is 5.69 Å². The zero-order valence-corrected chi connectivity index (χ0v) is 7.86. The lowest BCUT2D eigenvalue weighted by molar-refractivity contribution is 0.100. The number of ether oxygens (including phenoxy) is 1. The Kier molecular flexibility index (Phi) is 2.26. The number of aromatic nitrogens is 1. The van der Waals surface area contributed by atoms with Gasteiger partial charge in [-0.15, -0.1) is 0 Å². The van der Waals surface area contributed by atoms with Gasteiger partial charge < -0.3 is 4.74 Å². The van der Waals surface area contributed by atoms with Crippen molar-refractivity contribution in [3.8, 4) is 5.88 Å². The molecule has 0 bridgehead atoms. The van der Waals surface area contributed by atoms with Gasteiger partial charge in [0, 0.05) is 24.9 Å². The molecule has 1 aliphatic rings. The van der Waals surface area contributed by atoms with E-state index in [4.69, 9.17) is 4.74 Å². The molecule has 72 valence electrons. The van der Waals surface area contributed by atoms with E-state index in [0.717, 1.165) is 0 Å². The number of hydrogen-bond donors (Lipinski definition) is 0. The van der Waals surface area contributed by atoms with E-state index in [1.54, 1.807) is 12.3 Å². The highest BCUT2D eigenvalue weighted by atomic mass is 16.5. The largest absolute Gasteiger partial charge is 0.478 e. The van der Waals surface area contributed by atoms with Crippen molar-refractivity contribution in [3.05, 3.63) is 17.8 Å². The molecule has 14 heavy (non-hydrogen) atoms. The molecule has 2 rings (SSSR count). The zero-order valence-electron chi connectivity index (χ0n) is 7.86. The molecule has 4 nitrogen and oxygen atoms in total. The SMILES string of the molecule is CCOc1cc2c(cn1)C(=O)CC=N2. The first-order valence-electron chi connectivity index (χ1n) is 4.50. The van der Waals surface area contributed by atoms with Gasteiger partial charge in [0.1, 0.15) is 0 Å². The van der Waals surface area contributed by atoms with E-state index in [0.29, 0.717) is 30.2 Å². The topological polar surface area (TPSA) is 51.5 Å². The maximum absolute atomic E-state index is 11.4. The standard InChI is InChI=1S/C10H10N2O2/c1-2-14-10-5-8-7(6-12-10)9(13)3-4-11-8/h4-6H,2-3H2,1H3. The molecular formula is C10H10N2O2. The lowest BCUT2D eigenvalue weighted by Crippen LogP contribution is -2.06. The summed E-state index contributed by atoms with van der Waals surface area (Å²) in [7, 11) is 0. The number of carbonyl (C=O) groups is 1. The zero-order chi connectivity index (χ0) is 9.97. The highest BCUT2D eigenvalue weighted by Gasteiger charge is 2.15. The molecule has 0 amide bonds. The average Bonchev–Trinajstić information content (AvgIpc) is 2.18. The van der Waals surface area contributed by atoms with E-state index in [1.165, 1.54) is 6.20 Å². The van der Waals surface area contributed by atoms with Gasteiger partial charge in [0.15, 0.2) is 5.78 Å². The van der Waals surface area contributed by atoms with Gasteiger partial charge in [-0.1, -0.05) is 0 Å². The summed E-state index contributed by atoms with van der Waals surface area (Å²) in [4.78, 5) is 19.5. The molecule has 0 N–H and O–H groups in total. The third-order valence-electron chi connectivity index (χ3n) is 1.96. The number of nitrogens with zero attached hydrogens (tertiary/aromatic N) is 2. The first-order valence-corrected chi connectivity index (χ1v) is 4.50. The van der Waals surface area contributed by atoms with E-state index in [9.17, 15) is 4.79 Å². The Bertz CT molecular complexity index is 399. The quantitative estimate of drug-likeness (QED) is 0.714. The molecule has 0 saturated heterocycles. The fourth-order valence-electron chi connectivity index (χ4n) is 1.31. The van der Waals surface area contributed by atoms with E-state index in [-0.39, 0.29) is 5.78 Å². The summed E-state index contributed by atoms with van der Waals surface area (Å²) >= 11 is 0. The minimum absolute atomic E-state index is 0.0607. The van der Waals surface area contributed by atoms with Gasteiger partial charge in [-0.2, -0.15) is 0 Å². The Labute approximate surface area is 81.6 Å². The Hall–Kier alpha value is -1.71. The Morgan fingerprint density at radius 2 is 2.43 bits per heavy atom. The van der Waals surface area contributed by atoms with Crippen molar-refractivity contribution in [1.82, 2.24) is 4.98 Å². The Morgan fingerprint density at radius 3 is 3.21 bits per heavy atom. The molecule has 0 aromatic carbocycles. The van der Waals surface area contributed by atoms with Crippen molar-refractivity contribution < 1.29 is 9.53 Å². The average molecular weight is 190 g/mol. The van der Waals surface area contributed by atoms with Crippen LogP contribution in [0, 0.1) is 0 Å². The first kappa shape index (κ1) is 8.87. The number of pyridine rings is 1. The van der Waals surface area contributed by atoms with E-state index >= 15 is 0 Å². The van der Waals surface area contributed by atoms with Crippen molar-refractivity contribution in [3.63, 3.8) is 0 Å². The van der Waals surface area contributed by atoms with Crippen molar-refractivity contribution in [1.29, 1.82) is 0 Å². The van der Waals surface area contributed by atoms with Crippen molar-refractivity contribution in [2.75, 3.05) is 6.61 Å². The summed E-state index contributed by atoms with van der Waals surface area (Å²) in [6, 6.07) is 1.69. The second-order valence-electron chi connectivity index (χ2n) is 2.91. The van der Waals surface area contributed by atoms with Crippen LogP contribution < -0.4 is 4.74 Å². The second kappa shape index (κ2) is 3.57. The number of fused-ring (bicyclic) bond motifs is 1. The molecule has 1 aromatic heterocycles. The minimum Gasteiger partial charge on any atom is -0.478 e. The number of aliphatic imine (C=N–C) groups is 1. The third-order valence-corrected chi connectivity index (χ3v) is 1.96. The molecule has 0 spiro atoms. The van der Waals surface area contributed by atoms with Crippen LogP contribution in [0.25, 0.3) is 0 Å². The third kappa shape index (κ3) is 1.51. The van der Waals surface area contributed by atoms with Crippen LogP contribution >= 0.6 is 0 Å². The summed E-state index contributed by atoms with van der Waals surface area (Å²) in [6.45, 7) is 2.44. The van der Waals surface area contributed by atoms with E-state index < -0.39 is 0 Å². The first-order chi connectivity index (χ1) is 6.81. The van der Waals surface area contributed by atoms with E-state index in [1.807, 2.05) is 6.92 Å². The Morgan fingerprint density at radius 1 is 1.57 bits per heavy atom. The summed E-state index contributed by atoms with van der Waals surface area (Å²) in [5.41, 5.74) is 1.23. The molecule has 4 heteroatoms. The highest BCUT2D eigenvalue weighted by Crippen LogP contribution is 2.26. The highest BCUT2D eigenvalue weighted by molar-refractivity contribution is 6.09. The fourth-order valence-corrected chi connectivity index (χ4v) is 1.31. The number of rotatable bonds is 2. The second-order valence-corrected chi connectivity index (χ2v) is 2.91. The van der Waals surface area contributed by atoms with Gasteiger partial charge in [0.2, 0.25) is 5.88 Å². The number of carbonyl (C=O) groups excluding carboxylic acids is 1. The molecule has 0 fully saturated rings. The smallest absolute Gasteiger partial charge is 0.215 e. The number of ketones is 1. The summed E-state index contributed by atoms with van der Waals surface area (Å²) in [5, 5.41) is 0. The van der Waals surface area contributed by atoms with Crippen molar-refractivity contribution >= 4 is 17.7 Å². The molecular weight excluding hydrogens is 180 g/mol.